The molecule has 0 spiro atoms. The fourth-order valence-electron chi connectivity index (χ4n) is 1.57. The van der Waals surface area contributed by atoms with E-state index >= 15 is 0 Å². The molecule has 0 aliphatic heterocycles. The molecule has 0 aliphatic carbocycles. The molecular formula is C12H23NaO7S. The van der Waals surface area contributed by atoms with Crippen LogP contribution in [0.2, 0.25) is 0 Å². The number of unbranched alkanes of at least 4 members (excludes halogenated alkanes) is 2. The van der Waals surface area contributed by atoms with Gasteiger partial charge in [-0.05, 0) is 12.3 Å². The van der Waals surface area contributed by atoms with Gasteiger partial charge in [0.25, 0.3) is 10.1 Å². The molecule has 0 bridgehead atoms. The summed E-state index contributed by atoms with van der Waals surface area (Å²) >= 11 is 0. The molecule has 0 aromatic heterocycles. The van der Waals surface area contributed by atoms with Crippen molar-refractivity contribution in [2.45, 2.75) is 51.2 Å². The third-order valence-electron chi connectivity index (χ3n) is 2.65. The minimum atomic E-state index is -4.77. The summed E-state index contributed by atoms with van der Waals surface area (Å²) in [7, 11) is -4.77. The number of carbonyl (C=O) groups is 2. The predicted octanol–water partition coefficient (Wildman–Crippen LogP) is -1.41. The summed E-state index contributed by atoms with van der Waals surface area (Å²) in [6, 6.07) is 0. The molecule has 0 saturated heterocycles. The molecule has 0 radical (unpaired) electrons. The van der Waals surface area contributed by atoms with Gasteiger partial charge in [-0.1, -0.05) is 33.1 Å². The Hall–Kier alpha value is -0.150. The monoisotopic (exact) mass is 334 g/mol. The third kappa shape index (κ3) is 12.1. The largest absolute Gasteiger partial charge is 1.00 e. The van der Waals surface area contributed by atoms with Crippen molar-refractivity contribution in [3.05, 3.63) is 0 Å². The SMILES string of the molecule is CC(C)CCCCCOC(=O)C(CC(=O)O)S(=O)(=O)O.[H-].[Na+]. The smallest absolute Gasteiger partial charge is 1.00 e. The zero-order valence-electron chi connectivity index (χ0n) is 13.7. The molecule has 0 heterocycles. The maximum atomic E-state index is 11.4. The fraction of sp³-hybridized carbons (Fsp3) is 0.833. The Morgan fingerprint density at radius 3 is 2.19 bits per heavy atom. The van der Waals surface area contributed by atoms with Crippen LogP contribution >= 0.6 is 0 Å². The number of ether oxygens (including phenoxy) is 1. The molecule has 2 N–H and O–H groups in total. The zero-order chi connectivity index (χ0) is 15.8. The van der Waals surface area contributed by atoms with E-state index in [4.69, 9.17) is 14.4 Å². The molecule has 21 heavy (non-hydrogen) atoms. The second-order valence-electron chi connectivity index (χ2n) is 5.01. The molecule has 9 heteroatoms. The molecule has 120 valence electrons. The molecule has 0 aliphatic rings. The van der Waals surface area contributed by atoms with Crippen LogP contribution in [0.1, 0.15) is 47.4 Å². The van der Waals surface area contributed by atoms with E-state index in [1.807, 2.05) is 0 Å². The Kier molecular flexibility index (Phi) is 12.6. The van der Waals surface area contributed by atoms with Gasteiger partial charge in [0.15, 0.2) is 5.25 Å². The van der Waals surface area contributed by atoms with Gasteiger partial charge < -0.3 is 11.3 Å². The number of carboxylic acid groups (broad SMARTS) is 1. The molecule has 1 unspecified atom stereocenters. The van der Waals surface area contributed by atoms with Gasteiger partial charge in [0.2, 0.25) is 0 Å². The summed E-state index contributed by atoms with van der Waals surface area (Å²) in [6.07, 6.45) is 2.43. The number of rotatable bonds is 10. The van der Waals surface area contributed by atoms with Gasteiger partial charge >= 0.3 is 41.5 Å². The van der Waals surface area contributed by atoms with Gasteiger partial charge in [0.1, 0.15) is 0 Å². The molecular weight excluding hydrogens is 311 g/mol. The van der Waals surface area contributed by atoms with Crippen molar-refractivity contribution in [2.75, 3.05) is 6.61 Å². The molecule has 0 rings (SSSR count). The second-order valence-corrected chi connectivity index (χ2v) is 6.61. The average Bonchev–Trinajstić information content (AvgIpc) is 2.28. The van der Waals surface area contributed by atoms with Crippen LogP contribution in [0.3, 0.4) is 0 Å². The molecule has 0 aromatic carbocycles. The summed E-state index contributed by atoms with van der Waals surface area (Å²) in [5.74, 6) is -2.13. The van der Waals surface area contributed by atoms with Crippen LogP contribution in [0, 0.1) is 5.92 Å². The van der Waals surface area contributed by atoms with E-state index in [2.05, 4.69) is 13.8 Å². The first kappa shape index (κ1) is 23.1. The predicted molar refractivity (Wildman–Crippen MR) is 73.0 cm³/mol. The van der Waals surface area contributed by atoms with E-state index in [1.54, 1.807) is 0 Å². The maximum Gasteiger partial charge on any atom is 1.00 e. The summed E-state index contributed by atoms with van der Waals surface area (Å²) in [4.78, 5) is 21.9. The van der Waals surface area contributed by atoms with Crippen molar-refractivity contribution in [3.8, 4) is 0 Å². The topological polar surface area (TPSA) is 118 Å². The summed E-state index contributed by atoms with van der Waals surface area (Å²) in [5.41, 5.74) is 0. The third-order valence-corrected chi connectivity index (χ3v) is 3.73. The molecule has 0 aromatic rings. The number of hydrogen-bond donors (Lipinski definition) is 2. The Bertz CT molecular complexity index is 425. The Morgan fingerprint density at radius 1 is 1.19 bits per heavy atom. The molecule has 0 saturated carbocycles. The standard InChI is InChI=1S/C12H22O7S.Na.H/c1-9(2)6-4-3-5-7-19-12(15)10(8-11(13)14)20(16,17)18;;/h9-10H,3-8H2,1-2H3,(H,13,14)(H,16,17,18);;/q;+1;-1. The fourth-order valence-corrected chi connectivity index (χ4v) is 2.23. The molecule has 0 amide bonds. The van der Waals surface area contributed by atoms with Crippen molar-refractivity contribution in [2.24, 2.45) is 5.92 Å². The van der Waals surface area contributed by atoms with Crippen LogP contribution < -0.4 is 29.6 Å². The van der Waals surface area contributed by atoms with Crippen molar-refractivity contribution >= 4 is 22.1 Å². The van der Waals surface area contributed by atoms with E-state index < -0.39 is 33.7 Å². The van der Waals surface area contributed by atoms with Crippen molar-refractivity contribution < 1.29 is 63.4 Å². The van der Waals surface area contributed by atoms with Crippen LogP contribution in [0.25, 0.3) is 0 Å². The van der Waals surface area contributed by atoms with Crippen molar-refractivity contribution in [3.63, 3.8) is 0 Å². The van der Waals surface area contributed by atoms with Gasteiger partial charge in [-0.15, -0.1) is 0 Å². The van der Waals surface area contributed by atoms with E-state index in [0.29, 0.717) is 12.3 Å². The molecule has 7 nitrogen and oxygen atoms in total. The van der Waals surface area contributed by atoms with E-state index in [0.717, 1.165) is 19.3 Å². The summed E-state index contributed by atoms with van der Waals surface area (Å²) < 4.78 is 35.3. The van der Waals surface area contributed by atoms with Gasteiger partial charge in [-0.3, -0.25) is 14.1 Å². The molecule has 0 fully saturated rings. The van der Waals surface area contributed by atoms with E-state index in [-0.39, 0.29) is 37.6 Å². The van der Waals surface area contributed by atoms with Crippen molar-refractivity contribution in [1.82, 2.24) is 0 Å². The number of aliphatic carboxylic acids is 1. The first-order valence-electron chi connectivity index (χ1n) is 6.49. The van der Waals surface area contributed by atoms with Gasteiger partial charge in [0.05, 0.1) is 13.0 Å². The van der Waals surface area contributed by atoms with Crippen LogP contribution in [0.5, 0.6) is 0 Å². The second kappa shape index (κ2) is 11.4. The minimum Gasteiger partial charge on any atom is -1.00 e. The van der Waals surface area contributed by atoms with E-state index in [1.165, 1.54) is 0 Å². The van der Waals surface area contributed by atoms with Crippen LogP contribution in [-0.2, 0) is 24.4 Å². The molecule has 1 atom stereocenters. The maximum absolute atomic E-state index is 11.4. The van der Waals surface area contributed by atoms with Crippen LogP contribution in [-0.4, -0.2) is 41.9 Å². The normalized spacial score (nSPS) is 12.6. The zero-order valence-corrected chi connectivity index (χ0v) is 15.6. The first-order chi connectivity index (χ1) is 9.14. The van der Waals surface area contributed by atoms with Gasteiger partial charge in [-0.25, -0.2) is 0 Å². The van der Waals surface area contributed by atoms with Gasteiger partial charge in [-0.2, -0.15) is 8.42 Å². The van der Waals surface area contributed by atoms with Gasteiger partial charge in [0, 0.05) is 0 Å². The Labute approximate surface area is 149 Å². The number of hydrogen-bond acceptors (Lipinski definition) is 5. The number of carbonyl (C=O) groups excluding carboxylic acids is 1. The number of esters is 1. The Morgan fingerprint density at radius 2 is 1.76 bits per heavy atom. The summed E-state index contributed by atoms with van der Waals surface area (Å²) in [6.45, 7) is 4.22. The van der Waals surface area contributed by atoms with Crippen LogP contribution in [0.15, 0.2) is 0 Å². The van der Waals surface area contributed by atoms with Crippen LogP contribution in [0.4, 0.5) is 0 Å². The summed E-state index contributed by atoms with van der Waals surface area (Å²) in [5, 5.41) is 6.45. The minimum absolute atomic E-state index is 0. The Balaban J connectivity index is -0.00000180. The quantitative estimate of drug-likeness (QED) is 0.218. The number of carboxylic acids is 1. The van der Waals surface area contributed by atoms with E-state index in [9.17, 15) is 18.0 Å². The van der Waals surface area contributed by atoms with Crippen molar-refractivity contribution in [1.29, 1.82) is 0 Å². The average molecular weight is 334 g/mol. The first-order valence-corrected chi connectivity index (χ1v) is 7.99.